The molecule has 110 valence electrons. The van der Waals surface area contributed by atoms with Gasteiger partial charge in [-0.3, -0.25) is 9.69 Å². The fraction of sp³-hybridized carbons (Fsp3) is 0.562. The molecule has 0 bridgehead atoms. The van der Waals surface area contributed by atoms with Crippen molar-refractivity contribution >= 4 is 17.3 Å². The average molecular weight is 275 g/mol. The minimum Gasteiger partial charge on any atom is -0.399 e. The molecule has 1 aromatic carbocycles. The fourth-order valence-electron chi connectivity index (χ4n) is 2.85. The lowest BCUT2D eigenvalue weighted by Crippen LogP contribution is -2.46. The predicted octanol–water partition coefficient (Wildman–Crippen LogP) is 2.64. The molecule has 0 aromatic heterocycles. The van der Waals surface area contributed by atoms with Crippen molar-refractivity contribution < 1.29 is 4.79 Å². The molecule has 1 amide bonds. The standard InChI is InChI=1S/C16H25N3O/c1-11-5-4-8-19(13(11)3)10-16(20)18-15-7-6-14(17)9-12(15)2/h6-7,9,11,13H,4-5,8,10,17H2,1-3H3,(H,18,20). The molecular formula is C16H25N3O. The number of rotatable bonds is 3. The number of piperidine rings is 1. The summed E-state index contributed by atoms with van der Waals surface area (Å²) in [5, 5.41) is 2.98. The number of hydrogen-bond acceptors (Lipinski definition) is 3. The molecule has 0 spiro atoms. The third kappa shape index (κ3) is 3.51. The van der Waals surface area contributed by atoms with E-state index in [9.17, 15) is 4.79 Å². The number of hydrogen-bond donors (Lipinski definition) is 2. The number of carbonyl (C=O) groups excluding carboxylic acids is 1. The van der Waals surface area contributed by atoms with Gasteiger partial charge in [-0.15, -0.1) is 0 Å². The van der Waals surface area contributed by atoms with Crippen molar-refractivity contribution in [3.63, 3.8) is 0 Å². The Balaban J connectivity index is 1.95. The van der Waals surface area contributed by atoms with Crippen LogP contribution in [-0.2, 0) is 4.79 Å². The molecule has 20 heavy (non-hydrogen) atoms. The first-order chi connectivity index (χ1) is 9.47. The van der Waals surface area contributed by atoms with Crippen LogP contribution >= 0.6 is 0 Å². The van der Waals surface area contributed by atoms with Crippen molar-refractivity contribution in [2.24, 2.45) is 5.92 Å². The second-order valence-electron chi connectivity index (χ2n) is 5.95. The first-order valence-corrected chi connectivity index (χ1v) is 7.37. The maximum absolute atomic E-state index is 12.2. The molecule has 1 fully saturated rings. The van der Waals surface area contributed by atoms with Crippen molar-refractivity contribution in [1.29, 1.82) is 0 Å². The Morgan fingerprint density at radius 3 is 2.90 bits per heavy atom. The van der Waals surface area contributed by atoms with Gasteiger partial charge < -0.3 is 11.1 Å². The lowest BCUT2D eigenvalue weighted by atomic mass is 9.92. The number of carbonyl (C=O) groups is 1. The number of aryl methyl sites for hydroxylation is 1. The molecule has 2 unspecified atom stereocenters. The zero-order valence-electron chi connectivity index (χ0n) is 12.6. The SMILES string of the molecule is Cc1cc(N)ccc1NC(=O)CN1CCCC(C)C1C. The summed E-state index contributed by atoms with van der Waals surface area (Å²) in [5.74, 6) is 0.716. The molecule has 2 atom stereocenters. The van der Waals surface area contributed by atoms with Gasteiger partial charge in [0.15, 0.2) is 0 Å². The number of nitrogens with one attached hydrogen (secondary N) is 1. The Kier molecular flexibility index (Phi) is 4.65. The van der Waals surface area contributed by atoms with Crippen molar-refractivity contribution in [3.05, 3.63) is 23.8 Å². The van der Waals surface area contributed by atoms with Crippen molar-refractivity contribution in [3.8, 4) is 0 Å². The summed E-state index contributed by atoms with van der Waals surface area (Å²) in [6.45, 7) is 7.91. The minimum atomic E-state index is 0.0545. The van der Waals surface area contributed by atoms with Crippen molar-refractivity contribution in [1.82, 2.24) is 4.90 Å². The van der Waals surface area contributed by atoms with E-state index in [1.54, 1.807) is 0 Å². The van der Waals surface area contributed by atoms with E-state index in [4.69, 9.17) is 5.73 Å². The third-order valence-corrected chi connectivity index (χ3v) is 4.38. The summed E-state index contributed by atoms with van der Waals surface area (Å²) in [5.41, 5.74) is 8.29. The molecule has 0 aliphatic carbocycles. The van der Waals surface area contributed by atoms with Gasteiger partial charge >= 0.3 is 0 Å². The van der Waals surface area contributed by atoms with Gasteiger partial charge in [0.25, 0.3) is 0 Å². The van der Waals surface area contributed by atoms with Crippen LogP contribution in [0.1, 0.15) is 32.3 Å². The van der Waals surface area contributed by atoms with Crippen molar-refractivity contribution in [2.75, 3.05) is 24.1 Å². The number of amides is 1. The van der Waals surface area contributed by atoms with Crippen LogP contribution in [0.25, 0.3) is 0 Å². The molecule has 2 rings (SSSR count). The van der Waals surface area contributed by atoms with Gasteiger partial charge in [0.1, 0.15) is 0 Å². The van der Waals surface area contributed by atoms with E-state index in [1.165, 1.54) is 12.8 Å². The van der Waals surface area contributed by atoms with E-state index in [-0.39, 0.29) is 5.91 Å². The van der Waals surface area contributed by atoms with E-state index >= 15 is 0 Å². The summed E-state index contributed by atoms with van der Waals surface area (Å²) in [7, 11) is 0. The van der Waals surface area contributed by atoms with Crippen LogP contribution in [0.4, 0.5) is 11.4 Å². The number of nitrogens with zero attached hydrogens (tertiary/aromatic N) is 1. The van der Waals surface area contributed by atoms with Crippen molar-refractivity contribution in [2.45, 2.75) is 39.7 Å². The minimum absolute atomic E-state index is 0.0545. The van der Waals surface area contributed by atoms with E-state index in [0.717, 1.165) is 23.5 Å². The van der Waals surface area contributed by atoms with Crippen LogP contribution in [0, 0.1) is 12.8 Å². The zero-order chi connectivity index (χ0) is 14.7. The highest BCUT2D eigenvalue weighted by Gasteiger charge is 2.26. The Hall–Kier alpha value is -1.55. The first kappa shape index (κ1) is 14.9. The highest BCUT2D eigenvalue weighted by atomic mass is 16.2. The Morgan fingerprint density at radius 1 is 1.45 bits per heavy atom. The Morgan fingerprint density at radius 2 is 2.20 bits per heavy atom. The summed E-state index contributed by atoms with van der Waals surface area (Å²) in [6.07, 6.45) is 2.44. The molecule has 1 aliphatic heterocycles. The molecule has 1 heterocycles. The molecule has 1 saturated heterocycles. The maximum atomic E-state index is 12.2. The van der Waals surface area contributed by atoms with E-state index in [1.807, 2.05) is 25.1 Å². The van der Waals surface area contributed by atoms with Gasteiger partial charge in [-0.05, 0) is 62.9 Å². The van der Waals surface area contributed by atoms with Crippen LogP contribution in [0.3, 0.4) is 0 Å². The molecular weight excluding hydrogens is 250 g/mol. The summed E-state index contributed by atoms with van der Waals surface area (Å²) in [4.78, 5) is 14.5. The zero-order valence-corrected chi connectivity index (χ0v) is 12.6. The number of benzene rings is 1. The lowest BCUT2D eigenvalue weighted by molar-refractivity contribution is -0.118. The van der Waals surface area contributed by atoms with Crippen LogP contribution in [0.15, 0.2) is 18.2 Å². The van der Waals surface area contributed by atoms with Gasteiger partial charge in [0.05, 0.1) is 6.54 Å². The lowest BCUT2D eigenvalue weighted by Gasteiger charge is -2.37. The van der Waals surface area contributed by atoms with E-state index in [2.05, 4.69) is 24.1 Å². The summed E-state index contributed by atoms with van der Waals surface area (Å²) in [6, 6.07) is 6.03. The molecule has 0 radical (unpaired) electrons. The summed E-state index contributed by atoms with van der Waals surface area (Å²) >= 11 is 0. The Bertz CT molecular complexity index is 487. The highest BCUT2D eigenvalue weighted by molar-refractivity contribution is 5.93. The molecule has 4 heteroatoms. The normalized spacial score (nSPS) is 23.6. The first-order valence-electron chi connectivity index (χ1n) is 7.37. The van der Waals surface area contributed by atoms with Gasteiger partial charge in [-0.25, -0.2) is 0 Å². The average Bonchev–Trinajstić information content (AvgIpc) is 2.38. The molecule has 1 aliphatic rings. The highest BCUT2D eigenvalue weighted by Crippen LogP contribution is 2.23. The van der Waals surface area contributed by atoms with Gasteiger partial charge in [0, 0.05) is 17.4 Å². The second-order valence-corrected chi connectivity index (χ2v) is 5.95. The second kappa shape index (κ2) is 6.27. The monoisotopic (exact) mass is 275 g/mol. The smallest absolute Gasteiger partial charge is 0.238 e. The van der Waals surface area contributed by atoms with Gasteiger partial charge in [0.2, 0.25) is 5.91 Å². The number of likely N-dealkylation sites (tertiary alicyclic amines) is 1. The number of nitrogens with two attached hydrogens (primary N) is 1. The van der Waals surface area contributed by atoms with Gasteiger partial charge in [-0.2, -0.15) is 0 Å². The Labute approximate surface area is 121 Å². The third-order valence-electron chi connectivity index (χ3n) is 4.38. The molecule has 3 N–H and O–H groups in total. The molecule has 1 aromatic rings. The van der Waals surface area contributed by atoms with E-state index < -0.39 is 0 Å². The molecule has 0 saturated carbocycles. The number of nitrogen functional groups attached to an aromatic ring is 1. The quantitative estimate of drug-likeness (QED) is 0.834. The topological polar surface area (TPSA) is 58.4 Å². The van der Waals surface area contributed by atoms with Crippen LogP contribution in [-0.4, -0.2) is 29.9 Å². The van der Waals surface area contributed by atoms with Crippen LogP contribution < -0.4 is 11.1 Å². The van der Waals surface area contributed by atoms with Crippen LogP contribution in [0.5, 0.6) is 0 Å². The molecule has 4 nitrogen and oxygen atoms in total. The van der Waals surface area contributed by atoms with Crippen LogP contribution in [0.2, 0.25) is 0 Å². The summed E-state index contributed by atoms with van der Waals surface area (Å²) < 4.78 is 0. The largest absolute Gasteiger partial charge is 0.399 e. The van der Waals surface area contributed by atoms with E-state index in [0.29, 0.717) is 18.5 Å². The fourth-order valence-corrected chi connectivity index (χ4v) is 2.85. The predicted molar refractivity (Wildman–Crippen MR) is 83.7 cm³/mol. The maximum Gasteiger partial charge on any atom is 0.238 e. The number of anilines is 2. The van der Waals surface area contributed by atoms with Gasteiger partial charge in [-0.1, -0.05) is 6.92 Å².